The summed E-state index contributed by atoms with van der Waals surface area (Å²) < 4.78 is 5.31. The van der Waals surface area contributed by atoms with Gasteiger partial charge in [0.2, 0.25) is 0 Å². The number of nitrogens with zero attached hydrogens (tertiary/aromatic N) is 1. The van der Waals surface area contributed by atoms with Gasteiger partial charge in [-0.1, -0.05) is 6.92 Å². The normalized spacial score (nSPS) is 29.9. The smallest absolute Gasteiger partial charge is 0.410 e. The molecule has 1 aliphatic heterocycles. The van der Waals surface area contributed by atoms with E-state index in [1.807, 2.05) is 27.7 Å². The van der Waals surface area contributed by atoms with Crippen LogP contribution in [-0.2, 0) is 4.74 Å². The fraction of sp³-hybridized carbons (Fsp3) is 0.923. The third-order valence-corrected chi connectivity index (χ3v) is 3.44. The SMILES string of the molecule is CC(C)(C)OC(=O)N1CCC(O)C(C)(CO)CC1. The van der Waals surface area contributed by atoms with Crippen molar-refractivity contribution in [3.05, 3.63) is 0 Å². The van der Waals surface area contributed by atoms with E-state index in [1.54, 1.807) is 4.90 Å². The van der Waals surface area contributed by atoms with Gasteiger partial charge >= 0.3 is 6.09 Å². The molecular formula is C13H25NO4. The Hall–Kier alpha value is -0.810. The van der Waals surface area contributed by atoms with Gasteiger partial charge in [0.25, 0.3) is 0 Å². The van der Waals surface area contributed by atoms with Gasteiger partial charge in [-0.15, -0.1) is 0 Å². The second kappa shape index (κ2) is 5.45. The van der Waals surface area contributed by atoms with E-state index in [9.17, 15) is 15.0 Å². The lowest BCUT2D eigenvalue weighted by Crippen LogP contribution is -2.38. The largest absolute Gasteiger partial charge is 0.444 e. The molecule has 0 aromatic carbocycles. The van der Waals surface area contributed by atoms with Crippen molar-refractivity contribution in [2.75, 3.05) is 19.7 Å². The molecule has 1 amide bonds. The molecule has 2 atom stereocenters. The summed E-state index contributed by atoms with van der Waals surface area (Å²) in [7, 11) is 0. The Bertz CT molecular complexity index is 300. The van der Waals surface area contributed by atoms with E-state index in [2.05, 4.69) is 0 Å². The first-order chi connectivity index (χ1) is 8.18. The molecule has 5 heteroatoms. The van der Waals surface area contributed by atoms with E-state index in [-0.39, 0.29) is 12.7 Å². The standard InChI is InChI=1S/C13H25NO4/c1-12(2,3)18-11(17)14-7-5-10(16)13(4,9-15)6-8-14/h10,15-16H,5-9H2,1-4H3. The highest BCUT2D eigenvalue weighted by molar-refractivity contribution is 5.68. The van der Waals surface area contributed by atoms with Crippen LogP contribution in [0.2, 0.25) is 0 Å². The first-order valence-electron chi connectivity index (χ1n) is 6.45. The molecule has 0 bridgehead atoms. The molecule has 1 fully saturated rings. The van der Waals surface area contributed by atoms with Crippen LogP contribution >= 0.6 is 0 Å². The maximum atomic E-state index is 11.9. The molecule has 2 N–H and O–H groups in total. The topological polar surface area (TPSA) is 70.0 Å². The summed E-state index contributed by atoms with van der Waals surface area (Å²) in [6.45, 7) is 8.22. The number of likely N-dealkylation sites (tertiary alicyclic amines) is 1. The Balaban J connectivity index is 2.64. The number of aliphatic hydroxyl groups excluding tert-OH is 2. The van der Waals surface area contributed by atoms with Crippen molar-refractivity contribution in [1.29, 1.82) is 0 Å². The predicted octanol–water partition coefficient (Wildman–Crippen LogP) is 1.38. The fourth-order valence-corrected chi connectivity index (χ4v) is 1.99. The predicted molar refractivity (Wildman–Crippen MR) is 68.2 cm³/mol. The molecule has 1 rings (SSSR count). The van der Waals surface area contributed by atoms with E-state index >= 15 is 0 Å². The number of hydrogen-bond acceptors (Lipinski definition) is 4. The monoisotopic (exact) mass is 259 g/mol. The third kappa shape index (κ3) is 3.85. The van der Waals surface area contributed by atoms with E-state index in [1.165, 1.54) is 0 Å². The number of amides is 1. The quantitative estimate of drug-likeness (QED) is 0.746. The van der Waals surface area contributed by atoms with Gasteiger partial charge in [-0.25, -0.2) is 4.79 Å². The lowest BCUT2D eigenvalue weighted by atomic mass is 9.81. The van der Waals surface area contributed by atoms with Crippen LogP contribution in [0.1, 0.15) is 40.5 Å². The molecule has 1 heterocycles. The van der Waals surface area contributed by atoms with Crippen molar-refractivity contribution in [2.24, 2.45) is 5.41 Å². The molecule has 5 nitrogen and oxygen atoms in total. The van der Waals surface area contributed by atoms with Crippen molar-refractivity contribution in [3.63, 3.8) is 0 Å². The third-order valence-electron chi connectivity index (χ3n) is 3.44. The van der Waals surface area contributed by atoms with Crippen LogP contribution in [0, 0.1) is 5.41 Å². The van der Waals surface area contributed by atoms with Crippen LogP contribution in [0.4, 0.5) is 4.79 Å². The molecule has 18 heavy (non-hydrogen) atoms. The summed E-state index contributed by atoms with van der Waals surface area (Å²) in [5, 5.41) is 19.4. The highest BCUT2D eigenvalue weighted by Gasteiger charge is 2.37. The van der Waals surface area contributed by atoms with Gasteiger partial charge in [0.05, 0.1) is 12.7 Å². The van der Waals surface area contributed by atoms with Gasteiger partial charge in [-0.2, -0.15) is 0 Å². The van der Waals surface area contributed by atoms with Crippen molar-refractivity contribution >= 4 is 6.09 Å². The molecule has 0 aliphatic carbocycles. The van der Waals surface area contributed by atoms with Crippen LogP contribution in [0.5, 0.6) is 0 Å². The van der Waals surface area contributed by atoms with E-state index in [0.29, 0.717) is 25.9 Å². The molecule has 0 aromatic heterocycles. The first-order valence-corrected chi connectivity index (χ1v) is 6.45. The maximum absolute atomic E-state index is 11.9. The number of aliphatic hydroxyl groups is 2. The Morgan fingerprint density at radius 2 is 2.06 bits per heavy atom. The zero-order valence-corrected chi connectivity index (χ0v) is 11.8. The summed E-state index contributed by atoms with van der Waals surface area (Å²) in [6, 6.07) is 0. The number of carbonyl (C=O) groups excluding carboxylic acids is 1. The summed E-state index contributed by atoms with van der Waals surface area (Å²) in [4.78, 5) is 13.5. The summed E-state index contributed by atoms with van der Waals surface area (Å²) in [6.07, 6.45) is 0.104. The highest BCUT2D eigenvalue weighted by Crippen LogP contribution is 2.31. The summed E-state index contributed by atoms with van der Waals surface area (Å²) in [5.41, 5.74) is -1.04. The molecule has 1 saturated heterocycles. The lowest BCUT2D eigenvalue weighted by molar-refractivity contribution is -0.00652. The molecule has 0 spiro atoms. The zero-order valence-electron chi connectivity index (χ0n) is 11.8. The Morgan fingerprint density at radius 1 is 1.44 bits per heavy atom. The van der Waals surface area contributed by atoms with E-state index in [4.69, 9.17) is 4.74 Å². The minimum atomic E-state index is -0.588. The van der Waals surface area contributed by atoms with Crippen molar-refractivity contribution in [1.82, 2.24) is 4.90 Å². The van der Waals surface area contributed by atoms with Crippen LogP contribution in [0.3, 0.4) is 0 Å². The lowest BCUT2D eigenvalue weighted by Gasteiger charge is -2.30. The molecule has 0 radical (unpaired) electrons. The van der Waals surface area contributed by atoms with Gasteiger partial charge in [-0.3, -0.25) is 0 Å². The number of ether oxygens (including phenoxy) is 1. The molecule has 0 aromatic rings. The van der Waals surface area contributed by atoms with Crippen LogP contribution in [0.15, 0.2) is 0 Å². The van der Waals surface area contributed by atoms with Crippen molar-refractivity contribution in [3.8, 4) is 0 Å². The van der Waals surface area contributed by atoms with Gasteiger partial charge in [0, 0.05) is 18.5 Å². The minimum Gasteiger partial charge on any atom is -0.444 e. The van der Waals surface area contributed by atoms with Crippen LogP contribution in [-0.4, -0.2) is 52.6 Å². The molecule has 0 saturated carbocycles. The average Bonchev–Trinajstić information content (AvgIpc) is 2.38. The minimum absolute atomic E-state index is 0.0731. The maximum Gasteiger partial charge on any atom is 0.410 e. The van der Waals surface area contributed by atoms with Crippen LogP contribution in [0.25, 0.3) is 0 Å². The Labute approximate surface area is 109 Å². The average molecular weight is 259 g/mol. The van der Waals surface area contributed by atoms with Gasteiger partial charge < -0.3 is 19.8 Å². The fourth-order valence-electron chi connectivity index (χ4n) is 1.99. The Morgan fingerprint density at radius 3 is 2.56 bits per heavy atom. The van der Waals surface area contributed by atoms with Gasteiger partial charge in [0.15, 0.2) is 0 Å². The number of hydrogen-bond donors (Lipinski definition) is 2. The molecule has 106 valence electrons. The number of carbonyl (C=O) groups is 1. The van der Waals surface area contributed by atoms with Gasteiger partial charge in [0.1, 0.15) is 5.60 Å². The highest BCUT2D eigenvalue weighted by atomic mass is 16.6. The zero-order chi connectivity index (χ0) is 14.0. The summed E-state index contributed by atoms with van der Waals surface area (Å²) in [5.74, 6) is 0. The van der Waals surface area contributed by atoms with Gasteiger partial charge in [-0.05, 0) is 33.6 Å². The second-order valence-electron chi connectivity index (χ2n) is 6.33. The van der Waals surface area contributed by atoms with Crippen molar-refractivity contribution in [2.45, 2.75) is 52.2 Å². The molecule has 1 aliphatic rings. The number of rotatable bonds is 1. The summed E-state index contributed by atoms with van der Waals surface area (Å²) >= 11 is 0. The molecule has 2 unspecified atom stereocenters. The molecular weight excluding hydrogens is 234 g/mol. The van der Waals surface area contributed by atoms with Crippen LogP contribution < -0.4 is 0 Å². The second-order valence-corrected chi connectivity index (χ2v) is 6.33. The van der Waals surface area contributed by atoms with Crippen molar-refractivity contribution < 1.29 is 19.7 Å². The van der Waals surface area contributed by atoms with E-state index < -0.39 is 17.1 Å². The van der Waals surface area contributed by atoms with E-state index in [0.717, 1.165) is 0 Å². The Kier molecular flexibility index (Phi) is 4.61. The first kappa shape index (κ1) is 15.2.